The van der Waals surface area contributed by atoms with Crippen LogP contribution in [-0.2, 0) is 14.8 Å². The number of carbonyl (C=O) groups excluding carboxylic acids is 1. The monoisotopic (exact) mass is 458 g/mol. The first kappa shape index (κ1) is 20.4. The lowest BCUT2D eigenvalue weighted by Crippen LogP contribution is -2.13. The molecule has 1 N–H and O–H groups in total. The molecule has 7 nitrogen and oxygen atoms in total. The van der Waals surface area contributed by atoms with E-state index in [0.29, 0.717) is 4.34 Å². The number of pyridine rings is 1. The normalized spacial score (nSPS) is 11.1. The second-order valence-electron chi connectivity index (χ2n) is 5.26. The number of para-hydroxylation sites is 1. The van der Waals surface area contributed by atoms with Crippen LogP contribution >= 0.6 is 34.5 Å². The van der Waals surface area contributed by atoms with E-state index in [2.05, 4.69) is 9.71 Å². The van der Waals surface area contributed by atoms with Crippen molar-refractivity contribution in [2.24, 2.45) is 0 Å². The average Bonchev–Trinajstić information content (AvgIpc) is 3.11. The number of esters is 1. The van der Waals surface area contributed by atoms with E-state index in [1.165, 1.54) is 43.6 Å². The first-order valence-corrected chi connectivity index (χ1v) is 10.6. The molecule has 0 aliphatic carbocycles. The standard InChI is InChI=1S/C17H12Cl2N2O5S2/c1-25-17(22)11-4-2-3-5-13(11)26-16-12(8-10(18)9-20-16)21-28(23,24)15-7-6-14(19)27-15/h2-9,21H,1H3. The fraction of sp³-hybridized carbons (Fsp3) is 0.0588. The summed E-state index contributed by atoms with van der Waals surface area (Å²) in [6.45, 7) is 0. The molecule has 0 radical (unpaired) electrons. The van der Waals surface area contributed by atoms with Gasteiger partial charge < -0.3 is 9.47 Å². The van der Waals surface area contributed by atoms with E-state index in [1.54, 1.807) is 12.1 Å². The lowest BCUT2D eigenvalue weighted by atomic mass is 10.2. The Bertz CT molecular complexity index is 1130. The molecule has 2 aromatic heterocycles. The van der Waals surface area contributed by atoms with Crippen LogP contribution in [0.15, 0.2) is 52.9 Å². The lowest BCUT2D eigenvalue weighted by molar-refractivity contribution is 0.0598. The van der Waals surface area contributed by atoms with Gasteiger partial charge in [0.25, 0.3) is 10.0 Å². The smallest absolute Gasteiger partial charge is 0.341 e. The highest BCUT2D eigenvalue weighted by atomic mass is 35.5. The number of aromatic nitrogens is 1. The number of hydrogen-bond acceptors (Lipinski definition) is 7. The topological polar surface area (TPSA) is 94.6 Å². The molecule has 0 saturated heterocycles. The summed E-state index contributed by atoms with van der Waals surface area (Å²) in [4.78, 5) is 15.9. The number of carbonyl (C=O) groups is 1. The van der Waals surface area contributed by atoms with E-state index < -0.39 is 16.0 Å². The van der Waals surface area contributed by atoms with Gasteiger partial charge in [-0.1, -0.05) is 35.3 Å². The highest BCUT2D eigenvalue weighted by Crippen LogP contribution is 2.34. The minimum atomic E-state index is -3.94. The minimum Gasteiger partial charge on any atom is -0.465 e. The number of nitrogens with one attached hydrogen (secondary N) is 1. The molecular weight excluding hydrogens is 447 g/mol. The Labute approximate surface area is 174 Å². The molecule has 11 heteroatoms. The molecule has 0 unspecified atom stereocenters. The molecule has 0 bridgehead atoms. The molecule has 0 aliphatic rings. The summed E-state index contributed by atoms with van der Waals surface area (Å²) in [6.07, 6.45) is 1.29. The maximum Gasteiger partial charge on any atom is 0.341 e. The number of hydrogen-bond donors (Lipinski definition) is 1. The summed E-state index contributed by atoms with van der Waals surface area (Å²) >= 11 is 12.7. The predicted molar refractivity (Wildman–Crippen MR) is 107 cm³/mol. The summed E-state index contributed by atoms with van der Waals surface area (Å²) in [5, 5.41) is 0.190. The second kappa shape index (κ2) is 8.36. The zero-order valence-corrected chi connectivity index (χ0v) is 17.3. The van der Waals surface area contributed by atoms with Crippen molar-refractivity contribution >= 4 is 56.2 Å². The van der Waals surface area contributed by atoms with Gasteiger partial charge in [0.15, 0.2) is 0 Å². The summed E-state index contributed by atoms with van der Waals surface area (Å²) in [5.41, 5.74) is 0.150. The maximum absolute atomic E-state index is 12.6. The first-order chi connectivity index (χ1) is 13.3. The summed E-state index contributed by atoms with van der Waals surface area (Å²) < 4.78 is 38.3. The fourth-order valence-corrected chi connectivity index (χ4v) is 4.85. The van der Waals surface area contributed by atoms with E-state index >= 15 is 0 Å². The van der Waals surface area contributed by atoms with Crippen LogP contribution in [0.1, 0.15) is 10.4 Å². The SMILES string of the molecule is COC(=O)c1ccccc1Oc1ncc(Cl)cc1NS(=O)(=O)c1ccc(Cl)s1. The van der Waals surface area contributed by atoms with Crippen LogP contribution in [-0.4, -0.2) is 26.5 Å². The molecule has 28 heavy (non-hydrogen) atoms. The maximum atomic E-state index is 12.6. The molecule has 0 fully saturated rings. The molecule has 3 rings (SSSR count). The van der Waals surface area contributed by atoms with Crippen molar-refractivity contribution in [2.45, 2.75) is 4.21 Å². The van der Waals surface area contributed by atoms with Crippen molar-refractivity contribution in [1.29, 1.82) is 0 Å². The number of benzene rings is 1. The molecule has 0 amide bonds. The zero-order chi connectivity index (χ0) is 20.3. The zero-order valence-electron chi connectivity index (χ0n) is 14.2. The van der Waals surface area contributed by atoms with Gasteiger partial charge in [-0.25, -0.2) is 18.2 Å². The molecule has 0 atom stereocenters. The van der Waals surface area contributed by atoms with Gasteiger partial charge in [0, 0.05) is 6.20 Å². The van der Waals surface area contributed by atoms with Gasteiger partial charge in [0.1, 0.15) is 21.2 Å². The number of methoxy groups -OCH3 is 1. The average molecular weight is 459 g/mol. The van der Waals surface area contributed by atoms with E-state index in [-0.39, 0.29) is 32.1 Å². The van der Waals surface area contributed by atoms with Gasteiger partial charge in [-0.3, -0.25) is 4.72 Å². The molecule has 0 aliphatic heterocycles. The Morgan fingerprint density at radius 1 is 1.18 bits per heavy atom. The number of anilines is 1. The van der Waals surface area contributed by atoms with Crippen LogP contribution < -0.4 is 9.46 Å². The van der Waals surface area contributed by atoms with Crippen molar-refractivity contribution in [3.05, 3.63) is 63.6 Å². The van der Waals surface area contributed by atoms with Gasteiger partial charge in [-0.15, -0.1) is 11.3 Å². The Morgan fingerprint density at radius 2 is 1.93 bits per heavy atom. The molecule has 2 heterocycles. The lowest BCUT2D eigenvalue weighted by Gasteiger charge is -2.13. The molecule has 0 saturated carbocycles. The number of thiophene rings is 1. The van der Waals surface area contributed by atoms with Crippen LogP contribution in [0.3, 0.4) is 0 Å². The molecule has 1 aromatic carbocycles. The van der Waals surface area contributed by atoms with E-state index in [4.69, 9.17) is 32.7 Å². The molecule has 146 valence electrons. The summed E-state index contributed by atoms with van der Waals surface area (Å²) in [6, 6.07) is 10.5. The van der Waals surface area contributed by atoms with Crippen LogP contribution in [0.4, 0.5) is 5.69 Å². The van der Waals surface area contributed by atoms with E-state index in [9.17, 15) is 13.2 Å². The van der Waals surface area contributed by atoms with Crippen LogP contribution in [0.5, 0.6) is 11.6 Å². The van der Waals surface area contributed by atoms with Crippen molar-refractivity contribution in [3.63, 3.8) is 0 Å². The minimum absolute atomic E-state index is 0.00306. The van der Waals surface area contributed by atoms with Gasteiger partial charge in [-0.2, -0.15) is 0 Å². The van der Waals surface area contributed by atoms with Crippen molar-refractivity contribution < 1.29 is 22.7 Å². The first-order valence-electron chi connectivity index (χ1n) is 7.59. The molecular formula is C17H12Cl2N2O5S2. The van der Waals surface area contributed by atoms with E-state index in [1.807, 2.05) is 0 Å². The third-order valence-corrected chi connectivity index (χ3v) is 6.67. The second-order valence-corrected chi connectivity index (χ2v) is 9.32. The van der Waals surface area contributed by atoms with Crippen molar-refractivity contribution in [1.82, 2.24) is 4.98 Å². The van der Waals surface area contributed by atoms with Crippen molar-refractivity contribution in [2.75, 3.05) is 11.8 Å². The number of sulfonamides is 1. The Hall–Kier alpha value is -2.33. The van der Waals surface area contributed by atoms with E-state index in [0.717, 1.165) is 11.3 Å². The summed E-state index contributed by atoms with van der Waals surface area (Å²) in [7, 11) is -2.70. The quantitative estimate of drug-likeness (QED) is 0.531. The molecule has 0 spiro atoms. The number of ether oxygens (including phenoxy) is 2. The van der Waals surface area contributed by atoms with Crippen LogP contribution in [0, 0.1) is 0 Å². The highest BCUT2D eigenvalue weighted by molar-refractivity contribution is 7.94. The number of nitrogens with zero attached hydrogens (tertiary/aromatic N) is 1. The third kappa shape index (κ3) is 4.56. The molecule has 3 aromatic rings. The van der Waals surface area contributed by atoms with Gasteiger partial charge >= 0.3 is 5.97 Å². The van der Waals surface area contributed by atoms with Crippen LogP contribution in [0.2, 0.25) is 9.36 Å². The largest absolute Gasteiger partial charge is 0.465 e. The van der Waals surface area contributed by atoms with Crippen LogP contribution in [0.25, 0.3) is 0 Å². The Kier molecular flexibility index (Phi) is 6.09. The Morgan fingerprint density at radius 3 is 2.61 bits per heavy atom. The summed E-state index contributed by atoms with van der Waals surface area (Å²) in [5.74, 6) is -0.560. The number of rotatable bonds is 6. The van der Waals surface area contributed by atoms with Gasteiger partial charge in [0.05, 0.1) is 16.5 Å². The fourth-order valence-electron chi connectivity index (χ4n) is 2.16. The van der Waals surface area contributed by atoms with Gasteiger partial charge in [0.2, 0.25) is 5.88 Å². The Balaban J connectivity index is 1.98. The third-order valence-electron chi connectivity index (χ3n) is 3.37. The van der Waals surface area contributed by atoms with Gasteiger partial charge in [-0.05, 0) is 30.3 Å². The number of halogens is 2. The van der Waals surface area contributed by atoms with Crippen molar-refractivity contribution in [3.8, 4) is 11.6 Å². The highest BCUT2D eigenvalue weighted by Gasteiger charge is 2.21. The predicted octanol–water partition coefficient (Wildman–Crippen LogP) is 4.83.